The maximum atomic E-state index is 11.9. The smallest absolute Gasteiger partial charge is 0.323 e. The van der Waals surface area contributed by atoms with Crippen molar-refractivity contribution < 1.29 is 14.7 Å². The van der Waals surface area contributed by atoms with Gasteiger partial charge in [-0.15, -0.1) is 11.3 Å². The Morgan fingerprint density at radius 1 is 1.59 bits per heavy atom. The third-order valence-corrected chi connectivity index (χ3v) is 4.25. The zero-order valence-corrected chi connectivity index (χ0v) is 10.7. The minimum absolute atomic E-state index is 0.0169. The molecule has 4 nitrogen and oxygen atoms in total. The number of amides is 1. The molecule has 0 saturated heterocycles. The number of nitrogens with zero attached hydrogens (tertiary/aromatic N) is 1. The normalized spacial score (nSPS) is 22.2. The molecular formula is C12H15NO3S. The molecule has 17 heavy (non-hydrogen) atoms. The molecule has 0 aromatic carbocycles. The molecule has 0 unspecified atom stereocenters. The number of aryl methyl sites for hydroxylation is 1. The van der Waals surface area contributed by atoms with Crippen molar-refractivity contribution in [1.29, 1.82) is 0 Å². The fourth-order valence-electron chi connectivity index (χ4n) is 2.09. The molecule has 1 N–H and O–H groups in total. The van der Waals surface area contributed by atoms with Crippen LogP contribution in [0.4, 0.5) is 0 Å². The maximum absolute atomic E-state index is 11.9. The highest BCUT2D eigenvalue weighted by Crippen LogP contribution is 2.51. The average molecular weight is 253 g/mol. The summed E-state index contributed by atoms with van der Waals surface area (Å²) in [5, 5.41) is 10.7. The summed E-state index contributed by atoms with van der Waals surface area (Å²) in [5.41, 5.74) is 1.23. The van der Waals surface area contributed by atoms with Crippen LogP contribution in [0.1, 0.15) is 22.8 Å². The molecule has 0 spiro atoms. The average Bonchev–Trinajstić information content (AvgIpc) is 2.92. The molecule has 0 radical (unpaired) electrons. The van der Waals surface area contributed by atoms with Crippen molar-refractivity contribution in [3.05, 3.63) is 21.9 Å². The molecule has 1 aromatic rings. The molecule has 92 valence electrons. The number of likely N-dealkylation sites (N-methyl/N-ethyl adjacent to an activating group) is 1. The summed E-state index contributed by atoms with van der Waals surface area (Å²) in [5.74, 6) is -0.731. The molecule has 0 aliphatic heterocycles. The Morgan fingerprint density at radius 2 is 2.29 bits per heavy atom. The maximum Gasteiger partial charge on any atom is 0.323 e. The minimum Gasteiger partial charge on any atom is -0.480 e. The van der Waals surface area contributed by atoms with Crippen molar-refractivity contribution in [3.63, 3.8) is 0 Å². The molecule has 1 aromatic heterocycles. The van der Waals surface area contributed by atoms with Gasteiger partial charge in [-0.05, 0) is 30.4 Å². The van der Waals surface area contributed by atoms with Crippen LogP contribution in [0.25, 0.3) is 0 Å². The van der Waals surface area contributed by atoms with Crippen molar-refractivity contribution in [1.82, 2.24) is 4.90 Å². The van der Waals surface area contributed by atoms with Crippen molar-refractivity contribution >= 4 is 23.2 Å². The Labute approximate surface area is 104 Å². The predicted octanol–water partition coefficient (Wildman–Crippen LogP) is 1.70. The molecule has 1 fully saturated rings. The molecule has 1 aliphatic rings. The Balaban J connectivity index is 1.97. The fourth-order valence-corrected chi connectivity index (χ4v) is 3.19. The van der Waals surface area contributed by atoms with Gasteiger partial charge in [0.15, 0.2) is 0 Å². The second kappa shape index (κ2) is 4.49. The van der Waals surface area contributed by atoms with E-state index >= 15 is 0 Å². The number of carboxylic acids is 1. The van der Waals surface area contributed by atoms with E-state index in [1.165, 1.54) is 15.3 Å². The van der Waals surface area contributed by atoms with Crippen LogP contribution in [-0.2, 0) is 9.59 Å². The molecule has 5 heteroatoms. The Bertz CT molecular complexity index is 454. The highest BCUT2D eigenvalue weighted by atomic mass is 32.1. The van der Waals surface area contributed by atoms with Crippen LogP contribution in [0.3, 0.4) is 0 Å². The summed E-state index contributed by atoms with van der Waals surface area (Å²) in [6.07, 6.45) is 0.851. The number of carbonyl (C=O) groups is 2. The standard InChI is InChI=1S/C12H15NO3S/c1-7-3-4-17-11(7)8-5-9(8)12(16)13(2)6-10(14)15/h3-4,8-9H,5-6H2,1-2H3,(H,14,15)/t8-,9-/m0/s1. The molecule has 2 rings (SSSR count). The molecule has 1 aliphatic carbocycles. The van der Waals surface area contributed by atoms with Gasteiger partial charge in [0.25, 0.3) is 0 Å². The number of rotatable bonds is 4. The van der Waals surface area contributed by atoms with Crippen LogP contribution in [0.2, 0.25) is 0 Å². The van der Waals surface area contributed by atoms with E-state index in [9.17, 15) is 9.59 Å². The van der Waals surface area contributed by atoms with E-state index in [1.54, 1.807) is 18.4 Å². The van der Waals surface area contributed by atoms with Gasteiger partial charge < -0.3 is 10.0 Å². The third kappa shape index (κ3) is 2.49. The van der Waals surface area contributed by atoms with Crippen LogP contribution in [0, 0.1) is 12.8 Å². The van der Waals surface area contributed by atoms with Crippen LogP contribution < -0.4 is 0 Å². The van der Waals surface area contributed by atoms with Crippen LogP contribution in [0.5, 0.6) is 0 Å². The van der Waals surface area contributed by atoms with Crippen LogP contribution in [-0.4, -0.2) is 35.5 Å². The van der Waals surface area contributed by atoms with E-state index in [2.05, 4.69) is 6.07 Å². The minimum atomic E-state index is -0.967. The molecular weight excluding hydrogens is 238 g/mol. The summed E-state index contributed by atoms with van der Waals surface area (Å²) < 4.78 is 0. The molecule has 1 heterocycles. The van der Waals surface area contributed by atoms with E-state index in [4.69, 9.17) is 5.11 Å². The first kappa shape index (κ1) is 12.1. The van der Waals surface area contributed by atoms with E-state index in [-0.39, 0.29) is 18.4 Å². The zero-order valence-electron chi connectivity index (χ0n) is 9.84. The SMILES string of the molecule is Cc1ccsc1[C@H]1C[C@@H]1C(=O)N(C)CC(=O)O. The first-order valence-electron chi connectivity index (χ1n) is 5.51. The number of carboxylic acid groups (broad SMARTS) is 1. The monoisotopic (exact) mass is 253 g/mol. The molecule has 1 amide bonds. The highest BCUT2D eigenvalue weighted by Gasteiger charge is 2.46. The van der Waals surface area contributed by atoms with Gasteiger partial charge in [0.2, 0.25) is 5.91 Å². The van der Waals surface area contributed by atoms with Gasteiger partial charge in [-0.1, -0.05) is 0 Å². The van der Waals surface area contributed by atoms with Gasteiger partial charge in [0, 0.05) is 23.8 Å². The van der Waals surface area contributed by atoms with E-state index in [0.29, 0.717) is 5.92 Å². The zero-order chi connectivity index (χ0) is 12.6. The summed E-state index contributed by atoms with van der Waals surface area (Å²) >= 11 is 1.68. The van der Waals surface area contributed by atoms with Crippen LogP contribution >= 0.6 is 11.3 Å². The van der Waals surface area contributed by atoms with Gasteiger partial charge in [-0.2, -0.15) is 0 Å². The summed E-state index contributed by atoms with van der Waals surface area (Å²) in [7, 11) is 1.55. The quantitative estimate of drug-likeness (QED) is 0.888. The van der Waals surface area contributed by atoms with E-state index < -0.39 is 5.97 Å². The molecule has 1 saturated carbocycles. The first-order valence-corrected chi connectivity index (χ1v) is 6.39. The van der Waals surface area contributed by atoms with Gasteiger partial charge >= 0.3 is 5.97 Å². The predicted molar refractivity (Wildman–Crippen MR) is 65.2 cm³/mol. The third-order valence-electron chi connectivity index (χ3n) is 3.09. The number of carbonyl (C=O) groups excluding carboxylic acids is 1. The summed E-state index contributed by atoms with van der Waals surface area (Å²) in [6, 6.07) is 2.06. The summed E-state index contributed by atoms with van der Waals surface area (Å²) in [4.78, 5) is 25.0. The van der Waals surface area contributed by atoms with Crippen molar-refractivity contribution in [3.8, 4) is 0 Å². The van der Waals surface area contributed by atoms with Crippen LogP contribution in [0.15, 0.2) is 11.4 Å². The summed E-state index contributed by atoms with van der Waals surface area (Å²) in [6.45, 7) is 1.83. The van der Waals surface area contributed by atoms with Crippen molar-refractivity contribution in [2.24, 2.45) is 5.92 Å². The fraction of sp³-hybridized carbons (Fsp3) is 0.500. The van der Waals surface area contributed by atoms with Gasteiger partial charge in [-0.3, -0.25) is 9.59 Å². The number of hydrogen-bond donors (Lipinski definition) is 1. The Morgan fingerprint density at radius 3 is 2.82 bits per heavy atom. The lowest BCUT2D eigenvalue weighted by Gasteiger charge is -2.14. The largest absolute Gasteiger partial charge is 0.480 e. The second-order valence-corrected chi connectivity index (χ2v) is 5.45. The second-order valence-electron chi connectivity index (χ2n) is 4.50. The van der Waals surface area contributed by atoms with Gasteiger partial charge in [0.05, 0.1) is 0 Å². The lowest BCUT2D eigenvalue weighted by molar-refractivity contribution is -0.144. The van der Waals surface area contributed by atoms with E-state index in [0.717, 1.165) is 6.42 Å². The van der Waals surface area contributed by atoms with Gasteiger partial charge in [-0.25, -0.2) is 0 Å². The van der Waals surface area contributed by atoms with Crippen molar-refractivity contribution in [2.45, 2.75) is 19.3 Å². The topological polar surface area (TPSA) is 57.6 Å². The number of thiophene rings is 1. The Hall–Kier alpha value is -1.36. The lowest BCUT2D eigenvalue weighted by Crippen LogP contribution is -2.33. The first-order chi connectivity index (χ1) is 8.00. The number of hydrogen-bond acceptors (Lipinski definition) is 3. The Kier molecular flexibility index (Phi) is 3.19. The van der Waals surface area contributed by atoms with Crippen molar-refractivity contribution in [2.75, 3.05) is 13.6 Å². The number of aliphatic carboxylic acids is 1. The molecule has 0 bridgehead atoms. The van der Waals surface area contributed by atoms with E-state index in [1.807, 2.05) is 12.3 Å². The molecule has 2 atom stereocenters. The highest BCUT2D eigenvalue weighted by molar-refractivity contribution is 7.10. The lowest BCUT2D eigenvalue weighted by atomic mass is 10.2. The van der Waals surface area contributed by atoms with Gasteiger partial charge in [0.1, 0.15) is 6.54 Å².